The van der Waals surface area contributed by atoms with Gasteiger partial charge in [-0.1, -0.05) is 29.3 Å². The van der Waals surface area contributed by atoms with E-state index in [4.69, 9.17) is 16.3 Å². The van der Waals surface area contributed by atoms with E-state index in [2.05, 4.69) is 15.7 Å². The Hall–Kier alpha value is -3.43. The average molecular weight is 459 g/mol. The van der Waals surface area contributed by atoms with Gasteiger partial charge in [0, 0.05) is 21.7 Å². The van der Waals surface area contributed by atoms with E-state index in [9.17, 15) is 14.4 Å². The van der Waals surface area contributed by atoms with E-state index in [1.807, 2.05) is 6.92 Å². The highest BCUT2D eigenvalue weighted by Crippen LogP contribution is 2.22. The van der Waals surface area contributed by atoms with E-state index in [-0.39, 0.29) is 17.4 Å². The SMILES string of the molecule is CCOC(=O)c1csc(N(NC(=O)c2ccc(C)cc2)C(=O)Nc2ccc(Cl)cc2)n1. The molecule has 0 atom stereocenters. The van der Waals surface area contributed by atoms with Gasteiger partial charge in [-0.05, 0) is 50.2 Å². The lowest BCUT2D eigenvalue weighted by atomic mass is 10.1. The number of esters is 1. The lowest BCUT2D eigenvalue weighted by Crippen LogP contribution is -2.48. The van der Waals surface area contributed by atoms with Crippen LogP contribution in [-0.4, -0.2) is 29.5 Å². The molecule has 8 nitrogen and oxygen atoms in total. The molecule has 0 aliphatic heterocycles. The third-order valence-electron chi connectivity index (χ3n) is 3.99. The van der Waals surface area contributed by atoms with E-state index in [0.717, 1.165) is 21.9 Å². The van der Waals surface area contributed by atoms with Crippen LogP contribution in [0.25, 0.3) is 0 Å². The molecule has 0 fully saturated rings. The van der Waals surface area contributed by atoms with Gasteiger partial charge in [-0.15, -0.1) is 11.3 Å². The number of anilines is 2. The third kappa shape index (κ3) is 5.80. The normalized spacial score (nSPS) is 10.3. The number of amides is 3. The number of aromatic nitrogens is 1. The average Bonchev–Trinajstić information content (AvgIpc) is 3.24. The minimum Gasteiger partial charge on any atom is -0.461 e. The van der Waals surface area contributed by atoms with E-state index in [0.29, 0.717) is 16.3 Å². The number of rotatable bonds is 5. The van der Waals surface area contributed by atoms with Gasteiger partial charge < -0.3 is 10.1 Å². The minimum absolute atomic E-state index is 0.0377. The van der Waals surface area contributed by atoms with Crippen LogP contribution in [0.3, 0.4) is 0 Å². The van der Waals surface area contributed by atoms with Crippen LogP contribution >= 0.6 is 22.9 Å². The van der Waals surface area contributed by atoms with Gasteiger partial charge in [-0.25, -0.2) is 14.6 Å². The maximum Gasteiger partial charge on any atom is 0.357 e. The number of benzene rings is 2. The first kappa shape index (κ1) is 22.3. The first-order valence-electron chi connectivity index (χ1n) is 9.24. The number of aryl methyl sites for hydroxylation is 1. The smallest absolute Gasteiger partial charge is 0.357 e. The molecule has 0 saturated carbocycles. The number of thiazole rings is 1. The summed E-state index contributed by atoms with van der Waals surface area (Å²) in [6.45, 7) is 3.77. The summed E-state index contributed by atoms with van der Waals surface area (Å²) in [4.78, 5) is 41.8. The highest BCUT2D eigenvalue weighted by atomic mass is 35.5. The van der Waals surface area contributed by atoms with Crippen molar-refractivity contribution in [1.82, 2.24) is 10.4 Å². The number of hydrogen-bond donors (Lipinski definition) is 2. The molecule has 3 amide bonds. The molecule has 10 heteroatoms. The lowest BCUT2D eigenvalue weighted by molar-refractivity contribution is 0.0520. The van der Waals surface area contributed by atoms with Crippen molar-refractivity contribution in [3.8, 4) is 0 Å². The molecule has 3 aromatic rings. The molecule has 0 bridgehead atoms. The highest BCUT2D eigenvalue weighted by Gasteiger charge is 2.24. The van der Waals surface area contributed by atoms with Crippen molar-refractivity contribution in [3.63, 3.8) is 0 Å². The molecule has 0 aliphatic carbocycles. The van der Waals surface area contributed by atoms with E-state index in [1.54, 1.807) is 55.5 Å². The third-order valence-corrected chi connectivity index (χ3v) is 5.07. The highest BCUT2D eigenvalue weighted by molar-refractivity contribution is 7.14. The number of hydrazine groups is 1. The van der Waals surface area contributed by atoms with E-state index >= 15 is 0 Å². The number of carbonyl (C=O) groups is 3. The van der Waals surface area contributed by atoms with Crippen LogP contribution in [0.1, 0.15) is 33.3 Å². The number of urea groups is 1. The summed E-state index contributed by atoms with van der Waals surface area (Å²) in [5.74, 6) is -1.13. The summed E-state index contributed by atoms with van der Waals surface area (Å²) < 4.78 is 4.94. The largest absolute Gasteiger partial charge is 0.461 e. The molecule has 0 radical (unpaired) electrons. The van der Waals surface area contributed by atoms with Gasteiger partial charge in [0.1, 0.15) is 0 Å². The first-order valence-corrected chi connectivity index (χ1v) is 10.5. The zero-order chi connectivity index (χ0) is 22.4. The van der Waals surface area contributed by atoms with Crippen LogP contribution in [0.2, 0.25) is 5.02 Å². The number of ether oxygens (including phenoxy) is 1. The molecule has 2 N–H and O–H groups in total. The van der Waals surface area contributed by atoms with E-state index in [1.165, 1.54) is 5.38 Å². The number of hydrogen-bond acceptors (Lipinski definition) is 6. The molecular formula is C21H19ClN4O4S. The standard InChI is InChI=1S/C21H19ClN4O4S/c1-3-30-19(28)17-12-31-21(24-17)26(20(29)23-16-10-8-15(22)9-11-16)25-18(27)14-6-4-13(2)5-7-14/h4-12H,3H2,1-2H3,(H,23,29)(H,25,27). The maximum absolute atomic E-state index is 12.9. The fourth-order valence-corrected chi connectivity index (χ4v) is 3.31. The van der Waals surface area contributed by atoms with Gasteiger partial charge in [0.15, 0.2) is 5.69 Å². The molecular weight excluding hydrogens is 440 g/mol. The summed E-state index contributed by atoms with van der Waals surface area (Å²) in [6, 6.07) is 12.7. The molecule has 160 valence electrons. The van der Waals surface area contributed by atoms with Crippen LogP contribution in [0.5, 0.6) is 0 Å². The Kier molecular flexibility index (Phi) is 7.22. The number of nitrogens with zero attached hydrogens (tertiary/aromatic N) is 2. The van der Waals surface area contributed by atoms with Gasteiger partial charge in [-0.3, -0.25) is 10.2 Å². The van der Waals surface area contributed by atoms with Crippen molar-refractivity contribution < 1.29 is 19.1 Å². The van der Waals surface area contributed by atoms with Gasteiger partial charge in [0.25, 0.3) is 5.91 Å². The van der Waals surface area contributed by atoms with Crippen molar-refractivity contribution in [2.75, 3.05) is 16.9 Å². The molecule has 1 aromatic heterocycles. The Morgan fingerprint density at radius 2 is 1.77 bits per heavy atom. The van der Waals surface area contributed by atoms with Crippen LogP contribution in [0.15, 0.2) is 53.9 Å². The van der Waals surface area contributed by atoms with Crippen molar-refractivity contribution in [2.24, 2.45) is 0 Å². The fraction of sp³-hybridized carbons (Fsp3) is 0.143. The Morgan fingerprint density at radius 3 is 2.42 bits per heavy atom. The fourth-order valence-electron chi connectivity index (χ4n) is 2.43. The first-order chi connectivity index (χ1) is 14.9. The zero-order valence-electron chi connectivity index (χ0n) is 16.7. The topological polar surface area (TPSA) is 101 Å². The Labute approximate surface area is 187 Å². The molecule has 0 saturated heterocycles. The molecule has 1 heterocycles. The maximum atomic E-state index is 12.9. The summed E-state index contributed by atoms with van der Waals surface area (Å²) >= 11 is 6.89. The number of halogens is 1. The second-order valence-electron chi connectivity index (χ2n) is 6.32. The lowest BCUT2D eigenvalue weighted by Gasteiger charge is -2.21. The molecule has 2 aromatic carbocycles. The Balaban J connectivity index is 1.86. The molecule has 0 spiro atoms. The summed E-state index contributed by atoms with van der Waals surface area (Å²) in [5.41, 5.74) is 4.39. The summed E-state index contributed by atoms with van der Waals surface area (Å²) in [7, 11) is 0. The van der Waals surface area contributed by atoms with Crippen LogP contribution in [0, 0.1) is 6.92 Å². The molecule has 0 unspecified atom stereocenters. The van der Waals surface area contributed by atoms with Crippen LogP contribution in [0.4, 0.5) is 15.6 Å². The van der Waals surface area contributed by atoms with Gasteiger partial charge >= 0.3 is 12.0 Å². The zero-order valence-corrected chi connectivity index (χ0v) is 18.3. The van der Waals surface area contributed by atoms with E-state index < -0.39 is 17.9 Å². The van der Waals surface area contributed by atoms with Crippen LogP contribution in [-0.2, 0) is 4.74 Å². The molecule has 3 rings (SSSR count). The Bertz CT molecular complexity index is 1080. The van der Waals surface area contributed by atoms with Gasteiger partial charge in [0.2, 0.25) is 5.13 Å². The molecule has 31 heavy (non-hydrogen) atoms. The van der Waals surface area contributed by atoms with Crippen molar-refractivity contribution >= 4 is 51.7 Å². The quantitative estimate of drug-likeness (QED) is 0.427. The molecule has 0 aliphatic rings. The summed E-state index contributed by atoms with van der Waals surface area (Å²) in [6.07, 6.45) is 0. The second-order valence-corrected chi connectivity index (χ2v) is 7.59. The monoisotopic (exact) mass is 458 g/mol. The Morgan fingerprint density at radius 1 is 1.10 bits per heavy atom. The predicted octanol–water partition coefficient (Wildman–Crippen LogP) is 4.67. The van der Waals surface area contributed by atoms with Crippen molar-refractivity contribution in [1.29, 1.82) is 0 Å². The van der Waals surface area contributed by atoms with Crippen molar-refractivity contribution in [2.45, 2.75) is 13.8 Å². The number of nitrogens with one attached hydrogen (secondary N) is 2. The summed E-state index contributed by atoms with van der Waals surface area (Å²) in [5, 5.41) is 5.67. The van der Waals surface area contributed by atoms with Gasteiger partial charge in [0.05, 0.1) is 6.61 Å². The van der Waals surface area contributed by atoms with Crippen LogP contribution < -0.4 is 15.8 Å². The van der Waals surface area contributed by atoms with Gasteiger partial charge in [-0.2, -0.15) is 5.01 Å². The predicted molar refractivity (Wildman–Crippen MR) is 120 cm³/mol. The second kappa shape index (κ2) is 10.1. The van der Waals surface area contributed by atoms with Crippen molar-refractivity contribution in [3.05, 3.63) is 75.8 Å². The number of carbonyl (C=O) groups excluding carboxylic acids is 3. The minimum atomic E-state index is -0.674.